The van der Waals surface area contributed by atoms with E-state index in [0.29, 0.717) is 37.6 Å². The van der Waals surface area contributed by atoms with Crippen LogP contribution in [0.15, 0.2) is 54.6 Å². The van der Waals surface area contributed by atoms with Crippen molar-refractivity contribution in [3.8, 4) is 11.5 Å². The molecule has 2 N–H and O–H groups in total. The van der Waals surface area contributed by atoms with Crippen molar-refractivity contribution in [1.29, 1.82) is 0 Å². The van der Waals surface area contributed by atoms with E-state index in [1.54, 1.807) is 4.90 Å². The van der Waals surface area contributed by atoms with Crippen molar-refractivity contribution in [1.82, 2.24) is 15.1 Å². The molecule has 0 aliphatic carbocycles. The van der Waals surface area contributed by atoms with Gasteiger partial charge in [0.1, 0.15) is 11.5 Å². The third kappa shape index (κ3) is 4.19. The third-order valence-electron chi connectivity index (χ3n) is 5.10. The molecule has 1 unspecified atom stereocenters. The molecule has 2 fully saturated rings. The van der Waals surface area contributed by atoms with Crippen LogP contribution in [0.1, 0.15) is 12.8 Å². The van der Waals surface area contributed by atoms with Gasteiger partial charge in [0.2, 0.25) is 0 Å². The van der Waals surface area contributed by atoms with Gasteiger partial charge >= 0.3 is 12.1 Å². The molecule has 0 aromatic heterocycles. The fourth-order valence-electron chi connectivity index (χ4n) is 3.66. The van der Waals surface area contributed by atoms with Gasteiger partial charge in [0.25, 0.3) is 0 Å². The molecule has 0 radical (unpaired) electrons. The number of para-hydroxylation sites is 1. The van der Waals surface area contributed by atoms with Gasteiger partial charge in [0.15, 0.2) is 0 Å². The molecule has 2 heterocycles. The molecule has 2 saturated heterocycles. The zero-order valence-corrected chi connectivity index (χ0v) is 15.6. The summed E-state index contributed by atoms with van der Waals surface area (Å²) in [7, 11) is 0. The summed E-state index contributed by atoms with van der Waals surface area (Å²) in [5.74, 6) is 1.48. The Labute approximate surface area is 164 Å². The Hall–Kier alpha value is -3.22. The molecule has 2 aromatic rings. The van der Waals surface area contributed by atoms with Crippen molar-refractivity contribution >= 4 is 17.7 Å². The van der Waals surface area contributed by atoms with Crippen LogP contribution in [0.4, 0.5) is 15.3 Å². The fourth-order valence-corrected chi connectivity index (χ4v) is 3.66. The second kappa shape index (κ2) is 8.21. The number of hydrogen-bond donors (Lipinski definition) is 2. The van der Waals surface area contributed by atoms with Crippen molar-refractivity contribution in [2.45, 2.75) is 18.9 Å². The molecule has 2 aliphatic rings. The second-order valence-electron chi connectivity index (χ2n) is 7.04. The fraction of sp³-hybridized carbons (Fsp3) is 0.333. The highest BCUT2D eigenvalue weighted by atomic mass is 16.5. The minimum Gasteiger partial charge on any atom is -0.457 e. The van der Waals surface area contributed by atoms with Gasteiger partial charge < -0.3 is 25.2 Å². The molecule has 4 amide bonds. The Morgan fingerprint density at radius 2 is 1.79 bits per heavy atom. The van der Waals surface area contributed by atoms with Gasteiger partial charge in [-0.1, -0.05) is 18.2 Å². The summed E-state index contributed by atoms with van der Waals surface area (Å²) in [6.07, 6.45) is 1.83. The first kappa shape index (κ1) is 18.2. The molecule has 7 heteroatoms. The highest BCUT2D eigenvalue weighted by molar-refractivity contribution is 5.89. The zero-order chi connectivity index (χ0) is 19.3. The molecule has 146 valence electrons. The van der Waals surface area contributed by atoms with E-state index in [1.165, 1.54) is 0 Å². The maximum atomic E-state index is 12.6. The number of likely N-dealkylation sites (tertiary alicyclic amines) is 1. The van der Waals surface area contributed by atoms with Crippen molar-refractivity contribution < 1.29 is 14.3 Å². The highest BCUT2D eigenvalue weighted by Crippen LogP contribution is 2.23. The minimum absolute atomic E-state index is 0.0266. The van der Waals surface area contributed by atoms with E-state index >= 15 is 0 Å². The lowest BCUT2D eigenvalue weighted by Crippen LogP contribution is -2.51. The molecular formula is C21H24N4O3. The van der Waals surface area contributed by atoms with E-state index in [4.69, 9.17) is 4.74 Å². The number of urea groups is 2. The Bertz CT molecular complexity index is 825. The van der Waals surface area contributed by atoms with Crippen molar-refractivity contribution in [2.75, 3.05) is 31.5 Å². The molecule has 2 aromatic carbocycles. The molecule has 0 spiro atoms. The van der Waals surface area contributed by atoms with E-state index in [-0.39, 0.29) is 18.1 Å². The number of nitrogens with zero attached hydrogens (tertiary/aromatic N) is 2. The van der Waals surface area contributed by atoms with E-state index in [0.717, 1.165) is 18.6 Å². The van der Waals surface area contributed by atoms with Gasteiger partial charge in [-0.3, -0.25) is 0 Å². The molecule has 1 atom stereocenters. The molecule has 4 rings (SSSR count). The molecule has 7 nitrogen and oxygen atoms in total. The standard InChI is InChI=1S/C21H24N4O3/c26-20-22-12-14-25(20)17-5-4-13-24(15-17)21(27)23-16-8-10-19(11-9-16)28-18-6-2-1-3-7-18/h1-3,6-11,17H,4-5,12-15H2,(H,22,26)(H,23,27). The summed E-state index contributed by atoms with van der Waals surface area (Å²) in [5, 5.41) is 5.77. The molecule has 2 aliphatic heterocycles. The summed E-state index contributed by atoms with van der Waals surface area (Å²) in [6.45, 7) is 2.65. The quantitative estimate of drug-likeness (QED) is 0.853. The number of anilines is 1. The first-order chi connectivity index (χ1) is 13.7. The zero-order valence-electron chi connectivity index (χ0n) is 15.6. The van der Waals surface area contributed by atoms with E-state index in [2.05, 4.69) is 10.6 Å². The summed E-state index contributed by atoms with van der Waals surface area (Å²) >= 11 is 0. The number of hydrogen-bond acceptors (Lipinski definition) is 3. The average molecular weight is 380 g/mol. The summed E-state index contributed by atoms with van der Waals surface area (Å²) in [6, 6.07) is 16.8. The number of nitrogens with one attached hydrogen (secondary N) is 2. The Balaban J connectivity index is 1.33. The van der Waals surface area contributed by atoms with Crippen LogP contribution in [0, 0.1) is 0 Å². The van der Waals surface area contributed by atoms with Gasteiger partial charge in [0, 0.05) is 31.9 Å². The second-order valence-corrected chi connectivity index (χ2v) is 7.04. The van der Waals surface area contributed by atoms with Crippen LogP contribution in [0.2, 0.25) is 0 Å². The number of piperidine rings is 1. The third-order valence-corrected chi connectivity index (χ3v) is 5.10. The maximum absolute atomic E-state index is 12.6. The van der Waals surface area contributed by atoms with Gasteiger partial charge in [0.05, 0.1) is 6.04 Å². The number of amides is 4. The predicted molar refractivity (Wildman–Crippen MR) is 107 cm³/mol. The lowest BCUT2D eigenvalue weighted by Gasteiger charge is -2.36. The Kier molecular flexibility index (Phi) is 5.32. The maximum Gasteiger partial charge on any atom is 0.321 e. The molecule has 0 saturated carbocycles. The summed E-state index contributed by atoms with van der Waals surface area (Å²) < 4.78 is 5.77. The van der Waals surface area contributed by atoms with Crippen LogP contribution >= 0.6 is 0 Å². The van der Waals surface area contributed by atoms with Crippen LogP contribution in [0.5, 0.6) is 11.5 Å². The van der Waals surface area contributed by atoms with Gasteiger partial charge in [-0.05, 0) is 49.2 Å². The van der Waals surface area contributed by atoms with E-state index in [1.807, 2.05) is 59.5 Å². The minimum atomic E-state index is -0.138. The van der Waals surface area contributed by atoms with Crippen LogP contribution in [-0.2, 0) is 0 Å². The topological polar surface area (TPSA) is 73.9 Å². The Morgan fingerprint density at radius 3 is 2.50 bits per heavy atom. The number of rotatable bonds is 4. The smallest absolute Gasteiger partial charge is 0.321 e. The molecule has 0 bridgehead atoms. The van der Waals surface area contributed by atoms with E-state index in [9.17, 15) is 9.59 Å². The van der Waals surface area contributed by atoms with Crippen LogP contribution < -0.4 is 15.4 Å². The van der Waals surface area contributed by atoms with Crippen LogP contribution in [-0.4, -0.2) is 54.1 Å². The predicted octanol–water partition coefficient (Wildman–Crippen LogP) is 3.50. The average Bonchev–Trinajstić information content (AvgIpc) is 3.16. The summed E-state index contributed by atoms with van der Waals surface area (Å²) in [4.78, 5) is 28.2. The normalized spacial score (nSPS) is 19.3. The van der Waals surface area contributed by atoms with Crippen molar-refractivity contribution in [3.63, 3.8) is 0 Å². The Morgan fingerprint density at radius 1 is 1.04 bits per heavy atom. The van der Waals surface area contributed by atoms with Crippen LogP contribution in [0.25, 0.3) is 0 Å². The largest absolute Gasteiger partial charge is 0.457 e. The number of carbonyl (C=O) groups is 2. The first-order valence-electron chi connectivity index (χ1n) is 9.62. The lowest BCUT2D eigenvalue weighted by atomic mass is 10.0. The van der Waals surface area contributed by atoms with Gasteiger partial charge in [-0.15, -0.1) is 0 Å². The number of ether oxygens (including phenoxy) is 1. The van der Waals surface area contributed by atoms with Crippen LogP contribution in [0.3, 0.4) is 0 Å². The lowest BCUT2D eigenvalue weighted by molar-refractivity contribution is 0.139. The number of carbonyl (C=O) groups excluding carboxylic acids is 2. The number of benzene rings is 2. The summed E-state index contributed by atoms with van der Waals surface area (Å²) in [5.41, 5.74) is 0.714. The SMILES string of the molecule is O=C(Nc1ccc(Oc2ccccc2)cc1)N1CCCC(N2CCNC2=O)C1. The van der Waals surface area contributed by atoms with Crippen molar-refractivity contribution in [2.24, 2.45) is 0 Å². The monoisotopic (exact) mass is 380 g/mol. The van der Waals surface area contributed by atoms with E-state index < -0.39 is 0 Å². The van der Waals surface area contributed by atoms with Crippen molar-refractivity contribution in [3.05, 3.63) is 54.6 Å². The molecule has 28 heavy (non-hydrogen) atoms. The first-order valence-corrected chi connectivity index (χ1v) is 9.62. The highest BCUT2D eigenvalue weighted by Gasteiger charge is 2.32. The molecular weight excluding hydrogens is 356 g/mol. The van der Waals surface area contributed by atoms with Gasteiger partial charge in [-0.25, -0.2) is 9.59 Å². The van der Waals surface area contributed by atoms with Gasteiger partial charge in [-0.2, -0.15) is 0 Å².